The minimum Gasteiger partial charge on any atom is -0.497 e. The maximum absolute atomic E-state index is 11.6. The van der Waals surface area contributed by atoms with E-state index in [-0.39, 0.29) is 5.91 Å². The van der Waals surface area contributed by atoms with Crippen LogP contribution in [0, 0.1) is 0 Å². The largest absolute Gasteiger partial charge is 0.497 e. The molecule has 0 aliphatic rings. The normalized spacial score (nSPS) is 9.56. The van der Waals surface area contributed by atoms with Crippen molar-refractivity contribution in [1.82, 2.24) is 5.32 Å². The molecule has 0 aliphatic heterocycles. The second-order valence-corrected chi connectivity index (χ2v) is 3.42. The summed E-state index contributed by atoms with van der Waals surface area (Å²) in [6, 6.07) is 7.06. The van der Waals surface area contributed by atoms with Crippen LogP contribution in [0.5, 0.6) is 5.75 Å². The molecule has 1 amide bonds. The number of amides is 1. The van der Waals surface area contributed by atoms with Crippen LogP contribution in [0.1, 0.15) is 23.2 Å². The van der Waals surface area contributed by atoms with Crippen molar-refractivity contribution in [2.75, 3.05) is 13.7 Å². The van der Waals surface area contributed by atoms with Crippen molar-refractivity contribution in [1.29, 1.82) is 0 Å². The Hall–Kier alpha value is -1.77. The average Bonchev–Trinajstić information content (AvgIpc) is 2.34. The number of carbonyl (C=O) groups is 1. The third kappa shape index (κ3) is 3.77. The molecule has 0 unspecified atom stereocenters. The second kappa shape index (κ2) is 6.67. The van der Waals surface area contributed by atoms with Gasteiger partial charge in [0.05, 0.1) is 7.11 Å². The first-order valence-electron chi connectivity index (χ1n) is 5.31. The van der Waals surface area contributed by atoms with Gasteiger partial charge in [0.1, 0.15) is 5.75 Å². The molecule has 1 aromatic carbocycles. The van der Waals surface area contributed by atoms with Gasteiger partial charge < -0.3 is 10.1 Å². The van der Waals surface area contributed by atoms with E-state index in [0.717, 1.165) is 18.6 Å². The van der Waals surface area contributed by atoms with Crippen LogP contribution in [0.3, 0.4) is 0 Å². The topological polar surface area (TPSA) is 38.3 Å². The molecule has 0 aliphatic carbocycles. The fourth-order valence-corrected chi connectivity index (χ4v) is 1.29. The summed E-state index contributed by atoms with van der Waals surface area (Å²) < 4.78 is 5.02. The van der Waals surface area contributed by atoms with Crippen LogP contribution in [0.15, 0.2) is 36.9 Å². The summed E-state index contributed by atoms with van der Waals surface area (Å²) >= 11 is 0. The van der Waals surface area contributed by atoms with E-state index in [2.05, 4.69) is 11.9 Å². The highest BCUT2D eigenvalue weighted by atomic mass is 16.5. The molecule has 0 saturated carbocycles. The third-order valence-corrected chi connectivity index (χ3v) is 2.22. The molecule has 1 rings (SSSR count). The highest BCUT2D eigenvalue weighted by molar-refractivity contribution is 5.94. The molecule has 0 saturated heterocycles. The first-order valence-corrected chi connectivity index (χ1v) is 5.31. The zero-order chi connectivity index (χ0) is 11.8. The van der Waals surface area contributed by atoms with E-state index in [1.807, 2.05) is 6.08 Å². The Bertz CT molecular complexity index is 343. The van der Waals surface area contributed by atoms with Gasteiger partial charge in [-0.2, -0.15) is 0 Å². The number of nitrogens with one attached hydrogen (secondary N) is 1. The van der Waals surface area contributed by atoms with Gasteiger partial charge in [-0.1, -0.05) is 6.08 Å². The maximum Gasteiger partial charge on any atom is 0.251 e. The smallest absolute Gasteiger partial charge is 0.251 e. The van der Waals surface area contributed by atoms with Gasteiger partial charge in [-0.05, 0) is 37.1 Å². The first-order chi connectivity index (χ1) is 7.77. The number of methoxy groups -OCH3 is 1. The Balaban J connectivity index is 2.43. The molecule has 3 heteroatoms. The van der Waals surface area contributed by atoms with Gasteiger partial charge in [0, 0.05) is 12.1 Å². The molecule has 0 radical (unpaired) electrons. The molecule has 86 valence electrons. The molecule has 0 bridgehead atoms. The summed E-state index contributed by atoms with van der Waals surface area (Å²) in [6.07, 6.45) is 3.69. The van der Waals surface area contributed by atoms with Crippen molar-refractivity contribution in [2.24, 2.45) is 0 Å². The summed E-state index contributed by atoms with van der Waals surface area (Å²) in [6.45, 7) is 4.31. The van der Waals surface area contributed by atoms with Crippen molar-refractivity contribution in [3.63, 3.8) is 0 Å². The summed E-state index contributed by atoms with van der Waals surface area (Å²) in [7, 11) is 1.60. The number of hydrogen-bond donors (Lipinski definition) is 1. The number of ether oxygens (including phenoxy) is 1. The van der Waals surface area contributed by atoms with Crippen molar-refractivity contribution in [3.05, 3.63) is 42.5 Å². The predicted molar refractivity (Wildman–Crippen MR) is 64.8 cm³/mol. The van der Waals surface area contributed by atoms with Gasteiger partial charge in [-0.25, -0.2) is 0 Å². The molecule has 0 spiro atoms. The monoisotopic (exact) mass is 219 g/mol. The zero-order valence-electron chi connectivity index (χ0n) is 9.53. The van der Waals surface area contributed by atoms with E-state index in [4.69, 9.17) is 4.74 Å². The molecule has 1 aromatic rings. The highest BCUT2D eigenvalue weighted by Crippen LogP contribution is 2.10. The number of hydrogen-bond acceptors (Lipinski definition) is 2. The molecule has 3 nitrogen and oxygen atoms in total. The molecule has 0 heterocycles. The summed E-state index contributed by atoms with van der Waals surface area (Å²) in [5, 5.41) is 2.84. The zero-order valence-corrected chi connectivity index (χ0v) is 9.53. The van der Waals surface area contributed by atoms with Crippen LogP contribution in [0.2, 0.25) is 0 Å². The van der Waals surface area contributed by atoms with Crippen LogP contribution < -0.4 is 10.1 Å². The third-order valence-electron chi connectivity index (χ3n) is 2.22. The van der Waals surface area contributed by atoms with Gasteiger partial charge in [-0.3, -0.25) is 4.79 Å². The number of allylic oxidation sites excluding steroid dienone is 1. The van der Waals surface area contributed by atoms with E-state index >= 15 is 0 Å². The lowest BCUT2D eigenvalue weighted by molar-refractivity contribution is 0.0953. The van der Waals surface area contributed by atoms with E-state index in [9.17, 15) is 4.79 Å². The molecule has 0 fully saturated rings. The summed E-state index contributed by atoms with van der Waals surface area (Å²) in [5.74, 6) is 0.704. The van der Waals surface area contributed by atoms with Gasteiger partial charge in [0.25, 0.3) is 5.91 Å². The quantitative estimate of drug-likeness (QED) is 0.589. The van der Waals surface area contributed by atoms with E-state index in [0.29, 0.717) is 12.1 Å². The van der Waals surface area contributed by atoms with E-state index < -0.39 is 0 Å². The minimum absolute atomic E-state index is 0.0493. The Morgan fingerprint density at radius 1 is 1.44 bits per heavy atom. The predicted octanol–water partition coefficient (Wildman–Crippen LogP) is 2.39. The second-order valence-electron chi connectivity index (χ2n) is 3.42. The Kier molecular flexibility index (Phi) is 5.12. The SMILES string of the molecule is C=CCCCNC(=O)c1ccc(OC)cc1. The van der Waals surface area contributed by atoms with Crippen LogP contribution in [0.25, 0.3) is 0 Å². The van der Waals surface area contributed by atoms with Gasteiger partial charge in [-0.15, -0.1) is 6.58 Å². The van der Waals surface area contributed by atoms with Gasteiger partial charge in [0.2, 0.25) is 0 Å². The van der Waals surface area contributed by atoms with E-state index in [1.54, 1.807) is 31.4 Å². The van der Waals surface area contributed by atoms with Crippen LogP contribution in [0.4, 0.5) is 0 Å². The number of benzene rings is 1. The fraction of sp³-hybridized carbons (Fsp3) is 0.308. The number of carbonyl (C=O) groups excluding carboxylic acids is 1. The Labute approximate surface area is 96.1 Å². The van der Waals surface area contributed by atoms with Crippen molar-refractivity contribution >= 4 is 5.91 Å². The Morgan fingerprint density at radius 2 is 2.12 bits per heavy atom. The maximum atomic E-state index is 11.6. The van der Waals surface area contributed by atoms with Crippen molar-refractivity contribution < 1.29 is 9.53 Å². The van der Waals surface area contributed by atoms with Crippen LogP contribution >= 0.6 is 0 Å². The standard InChI is InChI=1S/C13H17NO2/c1-3-4-5-10-14-13(15)11-6-8-12(16-2)9-7-11/h3,6-9H,1,4-5,10H2,2H3,(H,14,15). The lowest BCUT2D eigenvalue weighted by atomic mass is 10.2. The molecular weight excluding hydrogens is 202 g/mol. The summed E-state index contributed by atoms with van der Waals surface area (Å²) in [5.41, 5.74) is 0.652. The molecular formula is C13H17NO2. The summed E-state index contributed by atoms with van der Waals surface area (Å²) in [4.78, 5) is 11.6. The molecule has 1 N–H and O–H groups in total. The molecule has 0 aromatic heterocycles. The van der Waals surface area contributed by atoms with Crippen LogP contribution in [-0.4, -0.2) is 19.6 Å². The fourth-order valence-electron chi connectivity index (χ4n) is 1.29. The van der Waals surface area contributed by atoms with Crippen molar-refractivity contribution in [2.45, 2.75) is 12.8 Å². The highest BCUT2D eigenvalue weighted by Gasteiger charge is 2.03. The van der Waals surface area contributed by atoms with E-state index in [1.165, 1.54) is 0 Å². The lowest BCUT2D eigenvalue weighted by Crippen LogP contribution is -2.24. The number of rotatable bonds is 6. The molecule has 0 atom stereocenters. The first kappa shape index (κ1) is 12.3. The van der Waals surface area contributed by atoms with Gasteiger partial charge in [0.15, 0.2) is 0 Å². The van der Waals surface area contributed by atoms with Crippen LogP contribution in [-0.2, 0) is 0 Å². The average molecular weight is 219 g/mol. The number of unbranched alkanes of at least 4 members (excludes halogenated alkanes) is 1. The van der Waals surface area contributed by atoms with Gasteiger partial charge >= 0.3 is 0 Å². The van der Waals surface area contributed by atoms with Crippen molar-refractivity contribution in [3.8, 4) is 5.75 Å². The minimum atomic E-state index is -0.0493. The Morgan fingerprint density at radius 3 is 2.69 bits per heavy atom. The molecule has 16 heavy (non-hydrogen) atoms. The lowest BCUT2D eigenvalue weighted by Gasteiger charge is -2.05.